The molecule has 286 valence electrons. The van der Waals surface area contributed by atoms with E-state index in [1.165, 1.54) is 44.5 Å². The summed E-state index contributed by atoms with van der Waals surface area (Å²) >= 11 is 0. The van der Waals surface area contributed by atoms with Crippen LogP contribution in [-0.2, 0) is 5.41 Å². The quantitative estimate of drug-likeness (QED) is 0.160. The number of furan rings is 1. The highest BCUT2D eigenvalue weighted by molar-refractivity contribution is 6.22. The van der Waals surface area contributed by atoms with Gasteiger partial charge in [0.15, 0.2) is 0 Å². The number of anilines is 3. The van der Waals surface area contributed by atoms with Crippen LogP contribution >= 0.6 is 0 Å². The highest BCUT2D eigenvalue weighted by Gasteiger charge is 2.46. The molecule has 0 saturated heterocycles. The zero-order valence-electron chi connectivity index (χ0n) is 33.4. The first-order valence-electron chi connectivity index (χ1n) is 21.0. The van der Waals surface area contributed by atoms with Crippen LogP contribution in [0.3, 0.4) is 0 Å². The average molecular weight is 778 g/mol. The molecule has 61 heavy (non-hydrogen) atoms. The molecule has 0 aliphatic heterocycles. The average Bonchev–Trinajstić information content (AvgIpc) is 3.88. The van der Waals surface area contributed by atoms with Gasteiger partial charge >= 0.3 is 0 Å². The second-order valence-electron chi connectivity index (χ2n) is 16.0. The Bertz CT molecular complexity index is 3350. The van der Waals surface area contributed by atoms with E-state index in [9.17, 15) is 0 Å². The highest BCUT2D eigenvalue weighted by atomic mass is 16.3. The fourth-order valence-corrected chi connectivity index (χ4v) is 10.1. The van der Waals surface area contributed by atoms with Crippen molar-refractivity contribution < 1.29 is 4.42 Å². The van der Waals surface area contributed by atoms with Crippen LogP contribution in [0.15, 0.2) is 241 Å². The van der Waals surface area contributed by atoms with Gasteiger partial charge in [0.1, 0.15) is 11.2 Å². The van der Waals surface area contributed by atoms with Gasteiger partial charge in [-0.3, -0.25) is 0 Å². The van der Waals surface area contributed by atoms with E-state index in [2.05, 4.69) is 241 Å². The van der Waals surface area contributed by atoms with Crippen molar-refractivity contribution in [1.29, 1.82) is 0 Å². The van der Waals surface area contributed by atoms with E-state index in [0.717, 1.165) is 60.9 Å². The van der Waals surface area contributed by atoms with Gasteiger partial charge in [-0.2, -0.15) is 0 Å². The SMILES string of the molecule is c1ccc(-c2ccc(N(c3ccc4c(c3)C(c3ccccc3)(c3ccccc3)c3ccccc3-4)c3ccc(-c4ccccc4)c4oc5c6ccccc6ccc5c34)cc2)cc1. The van der Waals surface area contributed by atoms with E-state index in [1.54, 1.807) is 0 Å². The Morgan fingerprint density at radius 2 is 0.902 bits per heavy atom. The summed E-state index contributed by atoms with van der Waals surface area (Å²) < 4.78 is 7.13. The molecule has 0 amide bonds. The number of hydrogen-bond donors (Lipinski definition) is 0. The molecule has 12 rings (SSSR count). The second-order valence-corrected chi connectivity index (χ2v) is 16.0. The molecule has 11 aromatic rings. The van der Waals surface area contributed by atoms with Crippen LogP contribution < -0.4 is 4.90 Å². The number of hydrogen-bond acceptors (Lipinski definition) is 2. The van der Waals surface area contributed by atoms with E-state index in [4.69, 9.17) is 4.42 Å². The van der Waals surface area contributed by atoms with Gasteiger partial charge in [0.05, 0.1) is 16.5 Å². The smallest absolute Gasteiger partial charge is 0.145 e. The Labute approximate surface area is 355 Å². The molecule has 0 N–H and O–H groups in total. The maximum atomic E-state index is 7.13. The van der Waals surface area contributed by atoms with Crippen LogP contribution in [0.4, 0.5) is 17.1 Å². The van der Waals surface area contributed by atoms with Crippen molar-refractivity contribution in [3.8, 4) is 33.4 Å². The van der Waals surface area contributed by atoms with Gasteiger partial charge in [-0.1, -0.05) is 194 Å². The van der Waals surface area contributed by atoms with Gasteiger partial charge in [-0.05, 0) is 97.9 Å². The molecule has 0 saturated carbocycles. The van der Waals surface area contributed by atoms with E-state index >= 15 is 0 Å². The molecule has 1 aliphatic rings. The number of rotatable bonds is 7. The normalized spacial score (nSPS) is 12.7. The van der Waals surface area contributed by atoms with Gasteiger partial charge < -0.3 is 9.32 Å². The summed E-state index contributed by atoms with van der Waals surface area (Å²) in [7, 11) is 0. The van der Waals surface area contributed by atoms with Crippen LogP contribution in [0.2, 0.25) is 0 Å². The molecule has 2 heteroatoms. The molecule has 0 unspecified atom stereocenters. The van der Waals surface area contributed by atoms with E-state index in [0.29, 0.717) is 0 Å². The van der Waals surface area contributed by atoms with Crippen molar-refractivity contribution in [2.75, 3.05) is 4.90 Å². The van der Waals surface area contributed by atoms with Crippen molar-refractivity contribution in [3.63, 3.8) is 0 Å². The zero-order valence-corrected chi connectivity index (χ0v) is 33.4. The Morgan fingerprint density at radius 3 is 1.62 bits per heavy atom. The minimum Gasteiger partial charge on any atom is -0.455 e. The van der Waals surface area contributed by atoms with Crippen molar-refractivity contribution >= 4 is 49.8 Å². The van der Waals surface area contributed by atoms with E-state index in [1.807, 2.05) is 0 Å². The molecular weight excluding hydrogens is 739 g/mol. The minimum atomic E-state index is -0.541. The zero-order chi connectivity index (χ0) is 40.3. The fraction of sp³-hybridized carbons (Fsp3) is 0.0169. The molecule has 1 aromatic heterocycles. The third-order valence-corrected chi connectivity index (χ3v) is 12.7. The minimum absolute atomic E-state index is 0.541. The summed E-state index contributed by atoms with van der Waals surface area (Å²) in [6.07, 6.45) is 0. The Balaban J connectivity index is 1.17. The predicted molar refractivity (Wildman–Crippen MR) is 254 cm³/mol. The van der Waals surface area contributed by atoms with Gasteiger partial charge in [0, 0.05) is 27.7 Å². The standard InChI is InChI=1S/C59H39NO/c1-5-17-40(18-6-1)41-29-32-46(33-30-41)60(55-38-37-49(42-19-7-2-8-20-42)58-56(55)52-35-31-43-21-13-14-26-48(43)57(52)61-58)47-34-36-51-50-27-15-16-28-53(50)59(54(51)39-47,44-22-9-3-10-23-44)45-24-11-4-12-25-45/h1-39H. The molecule has 10 aromatic carbocycles. The Kier molecular flexibility index (Phi) is 8.11. The van der Waals surface area contributed by atoms with Crippen LogP contribution in [-0.4, -0.2) is 0 Å². The van der Waals surface area contributed by atoms with Crippen LogP contribution in [0.1, 0.15) is 22.3 Å². The summed E-state index contributed by atoms with van der Waals surface area (Å²) in [5, 5.41) is 4.42. The number of benzene rings is 10. The molecule has 2 nitrogen and oxygen atoms in total. The van der Waals surface area contributed by atoms with Gasteiger partial charge in [0.25, 0.3) is 0 Å². The van der Waals surface area contributed by atoms with Gasteiger partial charge in [0.2, 0.25) is 0 Å². The fourth-order valence-electron chi connectivity index (χ4n) is 10.1. The lowest BCUT2D eigenvalue weighted by Gasteiger charge is -2.35. The molecule has 1 heterocycles. The summed E-state index contributed by atoms with van der Waals surface area (Å²) in [6, 6.07) is 85.9. The highest BCUT2D eigenvalue weighted by Crippen LogP contribution is 2.58. The lowest BCUT2D eigenvalue weighted by Crippen LogP contribution is -2.28. The second kappa shape index (κ2) is 14.1. The lowest BCUT2D eigenvalue weighted by molar-refractivity contribution is 0.674. The van der Waals surface area contributed by atoms with Crippen molar-refractivity contribution in [1.82, 2.24) is 0 Å². The van der Waals surface area contributed by atoms with E-state index in [-0.39, 0.29) is 0 Å². The molecular formula is C59H39NO. The largest absolute Gasteiger partial charge is 0.455 e. The topological polar surface area (TPSA) is 16.4 Å². The molecule has 0 atom stereocenters. The molecule has 1 aliphatic carbocycles. The van der Waals surface area contributed by atoms with Crippen molar-refractivity contribution in [2.24, 2.45) is 0 Å². The van der Waals surface area contributed by atoms with Crippen LogP contribution in [0.5, 0.6) is 0 Å². The van der Waals surface area contributed by atoms with Gasteiger partial charge in [-0.15, -0.1) is 0 Å². The maximum absolute atomic E-state index is 7.13. The monoisotopic (exact) mass is 777 g/mol. The molecule has 0 fully saturated rings. The van der Waals surface area contributed by atoms with E-state index < -0.39 is 5.41 Å². The predicted octanol–water partition coefficient (Wildman–Crippen LogP) is 15.9. The third-order valence-electron chi connectivity index (χ3n) is 12.7. The van der Waals surface area contributed by atoms with Crippen molar-refractivity contribution in [2.45, 2.75) is 5.41 Å². The third kappa shape index (κ3) is 5.43. The Morgan fingerprint density at radius 1 is 0.344 bits per heavy atom. The molecule has 0 radical (unpaired) electrons. The van der Waals surface area contributed by atoms with Gasteiger partial charge in [-0.25, -0.2) is 0 Å². The Hall–Kier alpha value is -7.94. The summed E-state index contributed by atoms with van der Waals surface area (Å²) in [6.45, 7) is 0. The first kappa shape index (κ1) is 35.0. The van der Waals surface area contributed by atoms with Crippen LogP contribution in [0.25, 0.3) is 66.1 Å². The van der Waals surface area contributed by atoms with Crippen molar-refractivity contribution in [3.05, 3.63) is 259 Å². The summed E-state index contributed by atoms with van der Waals surface area (Å²) in [5.41, 5.74) is 16.5. The lowest BCUT2D eigenvalue weighted by atomic mass is 9.67. The molecule has 0 spiro atoms. The summed E-state index contributed by atoms with van der Waals surface area (Å²) in [4.78, 5) is 2.44. The number of fused-ring (bicyclic) bond motifs is 8. The summed E-state index contributed by atoms with van der Waals surface area (Å²) in [5.74, 6) is 0. The maximum Gasteiger partial charge on any atom is 0.145 e. The van der Waals surface area contributed by atoms with Crippen LogP contribution in [0, 0.1) is 0 Å². The first-order valence-corrected chi connectivity index (χ1v) is 21.0. The molecule has 0 bridgehead atoms. The number of nitrogens with zero attached hydrogens (tertiary/aromatic N) is 1. The first-order chi connectivity index (χ1) is 30.3.